The summed E-state index contributed by atoms with van der Waals surface area (Å²) in [7, 11) is 0. The summed E-state index contributed by atoms with van der Waals surface area (Å²) < 4.78 is 2.29. The molecule has 120 valence electrons. The number of thiophene rings is 1. The highest BCUT2D eigenvalue weighted by Gasteiger charge is 2.12. The Morgan fingerprint density at radius 1 is 1.26 bits per heavy atom. The molecule has 0 fully saturated rings. The molecule has 0 saturated heterocycles. The van der Waals surface area contributed by atoms with E-state index in [1.54, 1.807) is 0 Å². The maximum Gasteiger partial charge on any atom is 0.261 e. The molecule has 1 aromatic carbocycles. The fourth-order valence-corrected chi connectivity index (χ4v) is 3.56. The van der Waals surface area contributed by atoms with Gasteiger partial charge in [0.05, 0.1) is 4.88 Å². The number of amides is 1. The van der Waals surface area contributed by atoms with Gasteiger partial charge in [-0.3, -0.25) is 4.79 Å². The Morgan fingerprint density at radius 2 is 2.09 bits per heavy atom. The topological polar surface area (TPSA) is 34.0 Å². The number of nitrogens with zero attached hydrogens (tertiary/aromatic N) is 1. The number of nitrogens with one attached hydrogen (secondary N) is 1. The molecule has 0 aliphatic rings. The van der Waals surface area contributed by atoms with Gasteiger partial charge in [-0.1, -0.05) is 24.3 Å². The van der Waals surface area contributed by atoms with Crippen molar-refractivity contribution >= 4 is 28.1 Å². The maximum absolute atomic E-state index is 12.1. The zero-order valence-corrected chi connectivity index (χ0v) is 14.4. The van der Waals surface area contributed by atoms with E-state index in [2.05, 4.69) is 54.2 Å². The Morgan fingerprint density at radius 3 is 2.83 bits per heavy atom. The quantitative estimate of drug-likeness (QED) is 0.712. The Bertz CT molecular complexity index is 789. The van der Waals surface area contributed by atoms with E-state index in [1.807, 2.05) is 17.5 Å². The number of rotatable bonds is 6. The highest BCUT2D eigenvalue weighted by atomic mass is 32.1. The summed E-state index contributed by atoms with van der Waals surface area (Å²) in [6, 6.07) is 12.5. The van der Waals surface area contributed by atoms with E-state index >= 15 is 0 Å². The number of hydrogen-bond acceptors (Lipinski definition) is 2. The van der Waals surface area contributed by atoms with Gasteiger partial charge >= 0.3 is 0 Å². The Labute approximate surface area is 140 Å². The molecule has 3 aromatic rings. The molecule has 2 heterocycles. The average molecular weight is 326 g/mol. The third-order valence-corrected chi connectivity index (χ3v) is 5.05. The van der Waals surface area contributed by atoms with Crippen LogP contribution in [0.2, 0.25) is 0 Å². The van der Waals surface area contributed by atoms with Gasteiger partial charge in [0.25, 0.3) is 5.91 Å². The molecule has 3 rings (SSSR count). The van der Waals surface area contributed by atoms with Crippen LogP contribution in [0.3, 0.4) is 0 Å². The molecule has 4 heteroatoms. The van der Waals surface area contributed by atoms with Crippen LogP contribution in [0.4, 0.5) is 0 Å². The maximum atomic E-state index is 12.1. The second-order valence-corrected chi connectivity index (χ2v) is 6.80. The zero-order valence-electron chi connectivity index (χ0n) is 13.6. The van der Waals surface area contributed by atoms with Crippen molar-refractivity contribution in [2.45, 2.75) is 39.3 Å². The van der Waals surface area contributed by atoms with Crippen LogP contribution >= 0.6 is 11.3 Å². The first-order valence-electron chi connectivity index (χ1n) is 8.10. The van der Waals surface area contributed by atoms with Crippen molar-refractivity contribution in [2.24, 2.45) is 0 Å². The molecule has 0 unspecified atom stereocenters. The third-order valence-electron chi connectivity index (χ3n) is 4.18. The molecule has 0 radical (unpaired) electrons. The lowest BCUT2D eigenvalue weighted by Gasteiger charge is -2.12. The standard InChI is InChI=1S/C19H22N2OS/c1-3-21-13-15(16-7-4-5-8-17(16)21)11-10-14(2)20-19(22)18-9-6-12-23-18/h4-9,12-14H,3,10-11H2,1-2H3,(H,20,22)/t14-/m0/s1. The van der Waals surface area contributed by atoms with Crippen molar-refractivity contribution in [2.75, 3.05) is 0 Å². The van der Waals surface area contributed by atoms with Crippen molar-refractivity contribution in [3.63, 3.8) is 0 Å². The number of benzene rings is 1. The van der Waals surface area contributed by atoms with Crippen LogP contribution in [0.1, 0.15) is 35.5 Å². The van der Waals surface area contributed by atoms with Crippen LogP contribution in [0.25, 0.3) is 10.9 Å². The zero-order chi connectivity index (χ0) is 16.2. The van der Waals surface area contributed by atoms with Gasteiger partial charge in [0.1, 0.15) is 0 Å². The normalized spacial score (nSPS) is 12.4. The van der Waals surface area contributed by atoms with Crippen LogP contribution < -0.4 is 5.32 Å². The van der Waals surface area contributed by atoms with E-state index in [4.69, 9.17) is 0 Å². The van der Waals surface area contributed by atoms with E-state index in [1.165, 1.54) is 27.8 Å². The van der Waals surface area contributed by atoms with Crippen molar-refractivity contribution in [3.8, 4) is 0 Å². The summed E-state index contributed by atoms with van der Waals surface area (Å²) in [5, 5.41) is 6.34. The van der Waals surface area contributed by atoms with Gasteiger partial charge in [-0.25, -0.2) is 0 Å². The van der Waals surface area contributed by atoms with E-state index in [-0.39, 0.29) is 11.9 Å². The first-order chi connectivity index (χ1) is 11.2. The van der Waals surface area contributed by atoms with Crippen LogP contribution in [0, 0.1) is 0 Å². The number of carbonyl (C=O) groups excluding carboxylic acids is 1. The van der Waals surface area contributed by atoms with E-state index in [0.29, 0.717) is 0 Å². The van der Waals surface area contributed by atoms with Gasteiger partial charge in [-0.15, -0.1) is 11.3 Å². The monoisotopic (exact) mass is 326 g/mol. The van der Waals surface area contributed by atoms with Gasteiger partial charge < -0.3 is 9.88 Å². The van der Waals surface area contributed by atoms with Crippen LogP contribution in [-0.4, -0.2) is 16.5 Å². The fraction of sp³-hybridized carbons (Fsp3) is 0.316. The molecule has 0 bridgehead atoms. The Hall–Kier alpha value is -2.07. The van der Waals surface area contributed by atoms with E-state index in [9.17, 15) is 4.79 Å². The summed E-state index contributed by atoms with van der Waals surface area (Å²) in [4.78, 5) is 12.9. The summed E-state index contributed by atoms with van der Waals surface area (Å²) in [5.74, 6) is 0.0310. The lowest BCUT2D eigenvalue weighted by Crippen LogP contribution is -2.32. The average Bonchev–Trinajstić information content (AvgIpc) is 3.21. The SMILES string of the molecule is CCn1cc(CC[C@H](C)NC(=O)c2cccs2)c2ccccc21. The van der Waals surface area contributed by atoms with Gasteiger partial charge in [-0.2, -0.15) is 0 Å². The minimum absolute atomic E-state index is 0.0310. The summed E-state index contributed by atoms with van der Waals surface area (Å²) >= 11 is 1.48. The summed E-state index contributed by atoms with van der Waals surface area (Å²) in [6.07, 6.45) is 4.16. The summed E-state index contributed by atoms with van der Waals surface area (Å²) in [6.45, 7) is 5.22. The highest BCUT2D eigenvalue weighted by Crippen LogP contribution is 2.23. The summed E-state index contributed by atoms with van der Waals surface area (Å²) in [5.41, 5.74) is 2.65. The van der Waals surface area contributed by atoms with Gasteiger partial charge in [0.15, 0.2) is 0 Å². The Kier molecular flexibility index (Phi) is 4.82. The van der Waals surface area contributed by atoms with Gasteiger partial charge in [0.2, 0.25) is 0 Å². The first kappa shape index (κ1) is 15.8. The number of hydrogen-bond donors (Lipinski definition) is 1. The van der Waals surface area contributed by atoms with Crippen molar-refractivity contribution < 1.29 is 4.79 Å². The number of fused-ring (bicyclic) bond motifs is 1. The number of para-hydroxylation sites is 1. The third kappa shape index (κ3) is 3.48. The first-order valence-corrected chi connectivity index (χ1v) is 8.98. The molecule has 0 spiro atoms. The molecule has 1 N–H and O–H groups in total. The number of aryl methyl sites for hydroxylation is 2. The van der Waals surface area contributed by atoms with E-state index < -0.39 is 0 Å². The van der Waals surface area contributed by atoms with Crippen LogP contribution in [0.5, 0.6) is 0 Å². The van der Waals surface area contributed by atoms with Crippen molar-refractivity contribution in [3.05, 3.63) is 58.4 Å². The minimum Gasteiger partial charge on any atom is -0.349 e. The van der Waals surface area contributed by atoms with Crippen LogP contribution in [0.15, 0.2) is 48.0 Å². The number of aromatic nitrogens is 1. The molecule has 0 aliphatic carbocycles. The van der Waals surface area contributed by atoms with Gasteiger partial charge in [0, 0.05) is 29.7 Å². The molecule has 0 aliphatic heterocycles. The molecular weight excluding hydrogens is 304 g/mol. The van der Waals surface area contributed by atoms with Crippen molar-refractivity contribution in [1.82, 2.24) is 9.88 Å². The van der Waals surface area contributed by atoms with Gasteiger partial charge in [-0.05, 0) is 49.8 Å². The minimum atomic E-state index is 0.0310. The fourth-order valence-electron chi connectivity index (χ4n) is 2.93. The molecular formula is C19H22N2OS. The van der Waals surface area contributed by atoms with Crippen LogP contribution in [-0.2, 0) is 13.0 Å². The molecule has 2 aromatic heterocycles. The molecule has 23 heavy (non-hydrogen) atoms. The predicted molar refractivity (Wildman–Crippen MR) is 97.2 cm³/mol. The van der Waals surface area contributed by atoms with Crippen molar-refractivity contribution in [1.29, 1.82) is 0 Å². The Balaban J connectivity index is 1.65. The largest absolute Gasteiger partial charge is 0.349 e. The predicted octanol–water partition coefficient (Wildman–Crippen LogP) is 4.47. The molecule has 1 atom stereocenters. The lowest BCUT2D eigenvalue weighted by molar-refractivity contribution is 0.0942. The molecule has 1 amide bonds. The lowest BCUT2D eigenvalue weighted by atomic mass is 10.1. The second kappa shape index (κ2) is 7.01. The second-order valence-electron chi connectivity index (χ2n) is 5.85. The molecule has 3 nitrogen and oxygen atoms in total. The highest BCUT2D eigenvalue weighted by molar-refractivity contribution is 7.12. The molecule has 0 saturated carbocycles. The number of carbonyl (C=O) groups is 1. The van der Waals surface area contributed by atoms with E-state index in [0.717, 1.165) is 24.3 Å². The smallest absolute Gasteiger partial charge is 0.261 e.